The van der Waals surface area contributed by atoms with E-state index in [9.17, 15) is 14.9 Å². The molecule has 1 heterocycles. The van der Waals surface area contributed by atoms with Crippen LogP contribution in [0.4, 0.5) is 5.69 Å². The number of para-hydroxylation sites is 2. The summed E-state index contributed by atoms with van der Waals surface area (Å²) in [6, 6.07) is 21.6. The van der Waals surface area contributed by atoms with Crippen LogP contribution in [0.25, 0.3) is 21.8 Å². The largest absolute Gasteiger partial charge is 0.460 e. The van der Waals surface area contributed by atoms with Gasteiger partial charge in [0, 0.05) is 33.9 Å². The molecule has 0 saturated heterocycles. The van der Waals surface area contributed by atoms with E-state index in [0.29, 0.717) is 12.1 Å². The number of esters is 1. The number of nitro groups is 1. The molecule has 0 unspecified atom stereocenters. The minimum Gasteiger partial charge on any atom is -0.460 e. The van der Waals surface area contributed by atoms with Gasteiger partial charge in [0.15, 0.2) is 0 Å². The monoisotopic (exact) mass is 360 g/mol. The summed E-state index contributed by atoms with van der Waals surface area (Å²) in [5.41, 5.74) is 2.41. The van der Waals surface area contributed by atoms with Crippen molar-refractivity contribution < 1.29 is 14.5 Å². The summed E-state index contributed by atoms with van der Waals surface area (Å²) in [4.78, 5) is 22.4. The van der Waals surface area contributed by atoms with Crippen LogP contribution in [0.15, 0.2) is 72.8 Å². The number of aromatic nitrogens is 1. The van der Waals surface area contributed by atoms with E-state index in [-0.39, 0.29) is 12.3 Å². The maximum Gasteiger partial charge on any atom is 0.338 e. The topological polar surface area (TPSA) is 74.4 Å². The fourth-order valence-electron chi connectivity index (χ4n) is 3.28. The molecule has 4 rings (SSSR count). The first-order chi connectivity index (χ1) is 13.1. The molecule has 3 aromatic carbocycles. The Labute approximate surface area is 154 Å². The molecule has 1 aromatic heterocycles. The highest BCUT2D eigenvalue weighted by Gasteiger charge is 2.12. The van der Waals surface area contributed by atoms with Crippen molar-refractivity contribution in [3.8, 4) is 0 Å². The van der Waals surface area contributed by atoms with Crippen LogP contribution in [0.1, 0.15) is 10.4 Å². The summed E-state index contributed by atoms with van der Waals surface area (Å²) in [5.74, 6) is -0.495. The van der Waals surface area contributed by atoms with Crippen LogP contribution in [-0.4, -0.2) is 22.1 Å². The zero-order chi connectivity index (χ0) is 18.8. The van der Waals surface area contributed by atoms with Gasteiger partial charge < -0.3 is 9.30 Å². The first kappa shape index (κ1) is 16.8. The number of nitro benzene ring substituents is 1. The Hall–Kier alpha value is -3.67. The Kier molecular flexibility index (Phi) is 4.30. The van der Waals surface area contributed by atoms with Crippen molar-refractivity contribution in [3.05, 3.63) is 88.5 Å². The first-order valence-corrected chi connectivity index (χ1v) is 8.53. The van der Waals surface area contributed by atoms with E-state index in [1.165, 1.54) is 24.3 Å². The van der Waals surface area contributed by atoms with E-state index >= 15 is 0 Å². The fraction of sp³-hybridized carbons (Fsp3) is 0.0952. The summed E-state index contributed by atoms with van der Waals surface area (Å²) in [6.45, 7) is 0.727. The third-order valence-electron chi connectivity index (χ3n) is 4.54. The smallest absolute Gasteiger partial charge is 0.338 e. The number of carbonyl (C=O) groups excluding carboxylic acids is 1. The number of benzene rings is 3. The number of carbonyl (C=O) groups is 1. The van der Waals surface area contributed by atoms with Crippen LogP contribution in [0.3, 0.4) is 0 Å². The van der Waals surface area contributed by atoms with Crippen LogP contribution < -0.4 is 0 Å². The van der Waals surface area contributed by atoms with Crippen molar-refractivity contribution in [2.24, 2.45) is 0 Å². The van der Waals surface area contributed by atoms with Crippen molar-refractivity contribution in [1.82, 2.24) is 4.57 Å². The zero-order valence-electron chi connectivity index (χ0n) is 14.4. The van der Waals surface area contributed by atoms with E-state index in [0.717, 1.165) is 21.8 Å². The van der Waals surface area contributed by atoms with Gasteiger partial charge in [-0.15, -0.1) is 0 Å². The molecule has 0 aliphatic rings. The number of non-ortho nitro benzene ring substituents is 1. The molecule has 0 aliphatic carbocycles. The Balaban J connectivity index is 1.52. The number of rotatable bonds is 5. The fourth-order valence-corrected chi connectivity index (χ4v) is 3.28. The van der Waals surface area contributed by atoms with Crippen LogP contribution in [-0.2, 0) is 11.3 Å². The molecule has 0 aliphatic heterocycles. The molecule has 0 spiro atoms. The lowest BCUT2D eigenvalue weighted by Crippen LogP contribution is -2.11. The van der Waals surface area contributed by atoms with Crippen molar-refractivity contribution in [1.29, 1.82) is 0 Å². The predicted octanol–water partition coefficient (Wildman–Crippen LogP) is 4.56. The Morgan fingerprint density at radius 3 is 2.00 bits per heavy atom. The highest BCUT2D eigenvalue weighted by atomic mass is 16.6. The molecule has 27 heavy (non-hydrogen) atoms. The second-order valence-corrected chi connectivity index (χ2v) is 6.13. The zero-order valence-corrected chi connectivity index (χ0v) is 14.4. The number of fused-ring (bicyclic) bond motifs is 3. The third kappa shape index (κ3) is 3.13. The average Bonchev–Trinajstić information content (AvgIpc) is 3.02. The van der Waals surface area contributed by atoms with E-state index in [4.69, 9.17) is 4.74 Å². The maximum absolute atomic E-state index is 12.2. The van der Waals surface area contributed by atoms with E-state index in [2.05, 4.69) is 16.7 Å². The minimum atomic E-state index is -0.503. The van der Waals surface area contributed by atoms with Crippen molar-refractivity contribution in [2.45, 2.75) is 6.54 Å². The van der Waals surface area contributed by atoms with E-state index < -0.39 is 10.9 Å². The average molecular weight is 360 g/mol. The van der Waals surface area contributed by atoms with Gasteiger partial charge in [-0.25, -0.2) is 4.79 Å². The molecule has 0 N–H and O–H groups in total. The van der Waals surface area contributed by atoms with Gasteiger partial charge in [0.2, 0.25) is 0 Å². The second-order valence-electron chi connectivity index (χ2n) is 6.13. The molecular formula is C21H16N2O4. The molecule has 0 saturated carbocycles. The van der Waals surface area contributed by atoms with Gasteiger partial charge in [-0.05, 0) is 24.3 Å². The molecule has 134 valence electrons. The number of ether oxygens (including phenoxy) is 1. The second kappa shape index (κ2) is 6.92. The van der Waals surface area contributed by atoms with Gasteiger partial charge in [-0.3, -0.25) is 10.1 Å². The van der Waals surface area contributed by atoms with Gasteiger partial charge in [-0.2, -0.15) is 0 Å². The van der Waals surface area contributed by atoms with Gasteiger partial charge in [-0.1, -0.05) is 36.4 Å². The number of hydrogen-bond acceptors (Lipinski definition) is 4. The highest BCUT2D eigenvalue weighted by molar-refractivity contribution is 6.07. The SMILES string of the molecule is O=C(OCCn1c2ccccc2c2ccccc21)c1ccc([N+](=O)[O-])cc1. The lowest BCUT2D eigenvalue weighted by molar-refractivity contribution is -0.384. The number of nitrogens with zero attached hydrogens (tertiary/aromatic N) is 2. The summed E-state index contributed by atoms with van der Waals surface area (Å²) in [5, 5.41) is 13.0. The summed E-state index contributed by atoms with van der Waals surface area (Å²) in [6.07, 6.45) is 0. The Morgan fingerprint density at radius 2 is 1.44 bits per heavy atom. The van der Waals surface area contributed by atoms with Crippen LogP contribution >= 0.6 is 0 Å². The van der Waals surface area contributed by atoms with E-state index in [1.807, 2.05) is 36.4 Å². The first-order valence-electron chi connectivity index (χ1n) is 8.53. The van der Waals surface area contributed by atoms with Crippen LogP contribution in [0.2, 0.25) is 0 Å². The van der Waals surface area contributed by atoms with Crippen molar-refractivity contribution >= 4 is 33.5 Å². The highest BCUT2D eigenvalue weighted by Crippen LogP contribution is 2.28. The van der Waals surface area contributed by atoms with Crippen LogP contribution in [0, 0.1) is 10.1 Å². The molecule has 0 amide bonds. The molecule has 0 atom stereocenters. The summed E-state index contributed by atoms with van der Waals surface area (Å²) < 4.78 is 7.50. The minimum absolute atomic E-state index is 0.0585. The molecule has 0 fully saturated rings. The maximum atomic E-state index is 12.2. The van der Waals surface area contributed by atoms with Gasteiger partial charge in [0.25, 0.3) is 5.69 Å². The van der Waals surface area contributed by atoms with Crippen molar-refractivity contribution in [2.75, 3.05) is 6.61 Å². The Morgan fingerprint density at radius 1 is 0.889 bits per heavy atom. The molecule has 4 aromatic rings. The predicted molar refractivity (Wildman–Crippen MR) is 103 cm³/mol. The van der Waals surface area contributed by atoms with Crippen LogP contribution in [0.5, 0.6) is 0 Å². The summed E-state index contributed by atoms with van der Waals surface area (Å²) in [7, 11) is 0. The lowest BCUT2D eigenvalue weighted by Gasteiger charge is -2.09. The molecule has 6 nitrogen and oxygen atoms in total. The Bertz CT molecular complexity index is 1090. The number of hydrogen-bond donors (Lipinski definition) is 0. The molecular weight excluding hydrogens is 344 g/mol. The normalized spacial score (nSPS) is 11.0. The quantitative estimate of drug-likeness (QED) is 0.297. The summed E-state index contributed by atoms with van der Waals surface area (Å²) >= 11 is 0. The third-order valence-corrected chi connectivity index (χ3v) is 4.54. The van der Waals surface area contributed by atoms with Gasteiger partial charge in [0.05, 0.1) is 17.0 Å². The van der Waals surface area contributed by atoms with Gasteiger partial charge >= 0.3 is 5.97 Å². The molecule has 0 bridgehead atoms. The molecule has 6 heteroatoms. The standard InChI is InChI=1S/C21H16N2O4/c24-21(15-9-11-16(12-10-15)23(25)26)27-14-13-22-19-7-3-1-5-17(19)18-6-2-4-8-20(18)22/h1-12H,13-14H2. The van der Waals surface area contributed by atoms with E-state index in [1.54, 1.807) is 0 Å². The molecule has 0 radical (unpaired) electrons. The van der Waals surface area contributed by atoms with Gasteiger partial charge in [0.1, 0.15) is 6.61 Å². The lowest BCUT2D eigenvalue weighted by atomic mass is 10.2. The van der Waals surface area contributed by atoms with Crippen molar-refractivity contribution in [3.63, 3.8) is 0 Å².